The molecule has 1 aromatic carbocycles. The maximum absolute atomic E-state index is 6.10. The van der Waals surface area contributed by atoms with Gasteiger partial charge in [-0.3, -0.25) is 0 Å². The smallest absolute Gasteiger partial charge is 0.162 e. The summed E-state index contributed by atoms with van der Waals surface area (Å²) in [6.07, 6.45) is 10.7. The Morgan fingerprint density at radius 2 is 2.10 bits per heavy atom. The van der Waals surface area contributed by atoms with Crippen LogP contribution in [0.1, 0.15) is 44.6 Å². The minimum Gasteiger partial charge on any atom is -0.490 e. The minimum atomic E-state index is 0.188. The molecule has 0 spiro atoms. The number of rotatable bonds is 7. The van der Waals surface area contributed by atoms with Crippen molar-refractivity contribution < 1.29 is 9.47 Å². The van der Waals surface area contributed by atoms with E-state index in [1.807, 2.05) is 6.92 Å². The van der Waals surface area contributed by atoms with Crippen LogP contribution >= 0.6 is 0 Å². The van der Waals surface area contributed by atoms with Crippen molar-refractivity contribution in [1.82, 2.24) is 5.32 Å². The molecule has 2 aliphatic rings. The molecule has 0 aromatic heterocycles. The van der Waals surface area contributed by atoms with E-state index < -0.39 is 0 Å². The molecule has 0 amide bonds. The molecule has 0 aliphatic heterocycles. The number of hydrogen-bond donors (Lipinski definition) is 1. The molecule has 3 nitrogen and oxygen atoms in total. The molecule has 1 N–H and O–H groups in total. The second kappa shape index (κ2) is 6.99. The van der Waals surface area contributed by atoms with Gasteiger partial charge in [0.2, 0.25) is 0 Å². The van der Waals surface area contributed by atoms with E-state index in [0.717, 1.165) is 30.5 Å². The highest BCUT2D eigenvalue weighted by atomic mass is 16.5. The van der Waals surface area contributed by atoms with Crippen LogP contribution in [-0.2, 0) is 6.54 Å². The Balaban J connectivity index is 1.68. The molecule has 1 aromatic rings. The minimum absolute atomic E-state index is 0.188. The first kappa shape index (κ1) is 14.5. The molecule has 3 heteroatoms. The average molecular weight is 287 g/mol. The van der Waals surface area contributed by atoms with Gasteiger partial charge in [0.1, 0.15) is 6.10 Å². The molecule has 0 heterocycles. The van der Waals surface area contributed by atoms with Gasteiger partial charge in [-0.1, -0.05) is 12.1 Å². The molecule has 1 atom stereocenters. The fraction of sp³-hybridized carbons (Fsp3) is 0.556. The second-order valence-corrected chi connectivity index (χ2v) is 5.88. The summed E-state index contributed by atoms with van der Waals surface area (Å²) in [6.45, 7) is 3.59. The summed E-state index contributed by atoms with van der Waals surface area (Å²) in [4.78, 5) is 0. The van der Waals surface area contributed by atoms with Gasteiger partial charge in [0.15, 0.2) is 11.5 Å². The summed E-state index contributed by atoms with van der Waals surface area (Å²) in [6, 6.07) is 7.03. The molecule has 1 fully saturated rings. The van der Waals surface area contributed by atoms with Crippen molar-refractivity contribution in [3.63, 3.8) is 0 Å². The topological polar surface area (TPSA) is 30.5 Å². The van der Waals surface area contributed by atoms with E-state index in [9.17, 15) is 0 Å². The molecular weight excluding hydrogens is 262 g/mol. The SMILES string of the molecule is CCOc1cc(CNC2CC2)ccc1OC1C=CCCC1. The van der Waals surface area contributed by atoms with E-state index in [1.54, 1.807) is 0 Å². The summed E-state index contributed by atoms with van der Waals surface area (Å²) in [5.41, 5.74) is 1.26. The summed E-state index contributed by atoms with van der Waals surface area (Å²) in [5, 5.41) is 3.54. The Kier molecular flexibility index (Phi) is 4.81. The predicted molar refractivity (Wildman–Crippen MR) is 84.9 cm³/mol. The largest absolute Gasteiger partial charge is 0.490 e. The summed E-state index contributed by atoms with van der Waals surface area (Å²) in [5.74, 6) is 1.73. The van der Waals surface area contributed by atoms with E-state index in [2.05, 4.69) is 35.7 Å². The molecule has 21 heavy (non-hydrogen) atoms. The van der Waals surface area contributed by atoms with Crippen LogP contribution in [0.4, 0.5) is 0 Å². The van der Waals surface area contributed by atoms with Crippen molar-refractivity contribution in [2.45, 2.75) is 57.7 Å². The van der Waals surface area contributed by atoms with Crippen LogP contribution in [0, 0.1) is 0 Å². The average Bonchev–Trinajstić information content (AvgIpc) is 3.33. The standard InChI is InChI=1S/C18H25NO2/c1-2-20-18-12-14(13-19-15-9-10-15)8-11-17(18)21-16-6-4-3-5-7-16/h4,6,8,11-12,15-16,19H,2-3,5,7,9-10,13H2,1H3. The number of benzene rings is 1. The van der Waals surface area contributed by atoms with Gasteiger partial charge in [-0.15, -0.1) is 0 Å². The first-order valence-electron chi connectivity index (χ1n) is 8.17. The van der Waals surface area contributed by atoms with Gasteiger partial charge in [0.25, 0.3) is 0 Å². The first-order chi connectivity index (χ1) is 10.3. The van der Waals surface area contributed by atoms with Crippen molar-refractivity contribution >= 4 is 0 Å². The number of hydrogen-bond acceptors (Lipinski definition) is 3. The Bertz CT molecular complexity index is 494. The molecule has 0 bridgehead atoms. The maximum Gasteiger partial charge on any atom is 0.162 e. The van der Waals surface area contributed by atoms with E-state index in [-0.39, 0.29) is 6.10 Å². The van der Waals surface area contributed by atoms with E-state index in [1.165, 1.54) is 31.2 Å². The van der Waals surface area contributed by atoms with Crippen molar-refractivity contribution in [3.8, 4) is 11.5 Å². The third kappa shape index (κ3) is 4.24. The summed E-state index contributed by atoms with van der Waals surface area (Å²) >= 11 is 0. The lowest BCUT2D eigenvalue weighted by atomic mass is 10.1. The van der Waals surface area contributed by atoms with E-state index in [0.29, 0.717) is 6.61 Å². The lowest BCUT2D eigenvalue weighted by Crippen LogP contribution is -2.17. The zero-order valence-electron chi connectivity index (χ0n) is 12.8. The highest BCUT2D eigenvalue weighted by Gasteiger charge is 2.20. The second-order valence-electron chi connectivity index (χ2n) is 5.88. The summed E-state index contributed by atoms with van der Waals surface area (Å²) < 4.78 is 11.9. The zero-order chi connectivity index (χ0) is 14.5. The number of nitrogens with one attached hydrogen (secondary N) is 1. The number of ether oxygens (including phenoxy) is 2. The van der Waals surface area contributed by atoms with Gasteiger partial charge in [0, 0.05) is 12.6 Å². The maximum atomic E-state index is 6.10. The van der Waals surface area contributed by atoms with Crippen LogP contribution in [0.15, 0.2) is 30.4 Å². The Morgan fingerprint density at radius 3 is 2.81 bits per heavy atom. The van der Waals surface area contributed by atoms with Crippen LogP contribution in [0.25, 0.3) is 0 Å². The van der Waals surface area contributed by atoms with Gasteiger partial charge >= 0.3 is 0 Å². The van der Waals surface area contributed by atoms with Crippen LogP contribution in [0.2, 0.25) is 0 Å². The molecule has 114 valence electrons. The van der Waals surface area contributed by atoms with Crippen molar-refractivity contribution in [2.24, 2.45) is 0 Å². The highest BCUT2D eigenvalue weighted by Crippen LogP contribution is 2.31. The van der Waals surface area contributed by atoms with Crippen LogP contribution in [0.3, 0.4) is 0 Å². The lowest BCUT2D eigenvalue weighted by molar-refractivity contribution is 0.214. The normalized spacial score (nSPS) is 21.3. The van der Waals surface area contributed by atoms with Crippen molar-refractivity contribution in [1.29, 1.82) is 0 Å². The molecule has 0 saturated heterocycles. The van der Waals surface area contributed by atoms with Gasteiger partial charge in [-0.2, -0.15) is 0 Å². The Morgan fingerprint density at radius 1 is 1.19 bits per heavy atom. The molecule has 2 aliphatic carbocycles. The van der Waals surface area contributed by atoms with Gasteiger partial charge < -0.3 is 14.8 Å². The lowest BCUT2D eigenvalue weighted by Gasteiger charge is -2.21. The van der Waals surface area contributed by atoms with E-state index >= 15 is 0 Å². The van der Waals surface area contributed by atoms with Gasteiger partial charge in [0.05, 0.1) is 6.61 Å². The fourth-order valence-electron chi connectivity index (χ4n) is 2.62. The summed E-state index contributed by atoms with van der Waals surface area (Å²) in [7, 11) is 0. The molecular formula is C18H25NO2. The fourth-order valence-corrected chi connectivity index (χ4v) is 2.62. The van der Waals surface area contributed by atoms with Crippen molar-refractivity contribution in [3.05, 3.63) is 35.9 Å². The zero-order valence-corrected chi connectivity index (χ0v) is 12.8. The third-order valence-electron chi connectivity index (χ3n) is 3.97. The number of allylic oxidation sites excluding steroid dienone is 1. The first-order valence-corrected chi connectivity index (χ1v) is 8.17. The molecule has 1 unspecified atom stereocenters. The quantitative estimate of drug-likeness (QED) is 0.773. The third-order valence-corrected chi connectivity index (χ3v) is 3.97. The van der Waals surface area contributed by atoms with Crippen LogP contribution < -0.4 is 14.8 Å². The van der Waals surface area contributed by atoms with Crippen LogP contribution in [0.5, 0.6) is 11.5 Å². The molecule has 3 rings (SSSR count). The van der Waals surface area contributed by atoms with Gasteiger partial charge in [-0.05, 0) is 62.8 Å². The highest BCUT2D eigenvalue weighted by molar-refractivity contribution is 5.43. The monoisotopic (exact) mass is 287 g/mol. The Hall–Kier alpha value is -1.48. The van der Waals surface area contributed by atoms with Crippen LogP contribution in [-0.4, -0.2) is 18.8 Å². The van der Waals surface area contributed by atoms with E-state index in [4.69, 9.17) is 9.47 Å². The molecule has 0 radical (unpaired) electrons. The molecule has 1 saturated carbocycles. The Labute approximate surface area is 127 Å². The van der Waals surface area contributed by atoms with Gasteiger partial charge in [-0.25, -0.2) is 0 Å². The predicted octanol–water partition coefficient (Wildman–Crippen LogP) is 3.82. The van der Waals surface area contributed by atoms with Crippen molar-refractivity contribution in [2.75, 3.05) is 6.61 Å².